The normalized spacial score (nSPS) is 14.2. The number of aromatic nitrogens is 1. The zero-order valence-corrected chi connectivity index (χ0v) is 13.5. The molecule has 2 rings (SSSR count). The maximum atomic E-state index is 12.4. The molecule has 0 spiro atoms. The smallest absolute Gasteiger partial charge is 0.339 e. The third kappa shape index (κ3) is 3.21. The van der Waals surface area contributed by atoms with Crippen molar-refractivity contribution in [2.24, 2.45) is 0 Å². The third-order valence-corrected chi connectivity index (χ3v) is 3.59. The quantitative estimate of drug-likeness (QED) is 0.524. The molecule has 0 fully saturated rings. The Morgan fingerprint density at radius 2 is 1.91 bits per heavy atom. The van der Waals surface area contributed by atoms with Gasteiger partial charge in [0.15, 0.2) is 0 Å². The van der Waals surface area contributed by atoms with Gasteiger partial charge in [-0.2, -0.15) is 0 Å². The highest BCUT2D eigenvalue weighted by Gasteiger charge is 2.30. The molecule has 1 amide bonds. The van der Waals surface area contributed by atoms with Crippen LogP contribution < -0.4 is 5.32 Å². The van der Waals surface area contributed by atoms with Crippen LogP contribution in [0.4, 0.5) is 0 Å². The number of hydrogen-bond donors (Lipinski definition) is 1. The minimum Gasteiger partial charge on any atom is -0.465 e. The van der Waals surface area contributed by atoms with E-state index < -0.39 is 23.2 Å². The number of esters is 1. The van der Waals surface area contributed by atoms with Gasteiger partial charge in [0.2, 0.25) is 0 Å². The van der Waals surface area contributed by atoms with E-state index in [0.717, 1.165) is 18.5 Å². The van der Waals surface area contributed by atoms with Crippen molar-refractivity contribution < 1.29 is 19.1 Å². The summed E-state index contributed by atoms with van der Waals surface area (Å²) >= 11 is 0. The molecule has 1 aliphatic heterocycles. The lowest BCUT2D eigenvalue weighted by atomic mass is 10.1. The van der Waals surface area contributed by atoms with Gasteiger partial charge in [0.25, 0.3) is 11.7 Å². The van der Waals surface area contributed by atoms with Gasteiger partial charge in [-0.1, -0.05) is 0 Å². The summed E-state index contributed by atoms with van der Waals surface area (Å²) in [6, 6.07) is 1.48. The number of rotatable bonds is 3. The number of carbonyl (C=O) groups excluding carboxylic acids is 3. The van der Waals surface area contributed by atoms with Crippen molar-refractivity contribution in [3.05, 3.63) is 23.0 Å². The number of nitrogens with one attached hydrogen (secondary N) is 1. The number of carbonyl (C=O) groups is 3. The predicted molar refractivity (Wildman–Crippen MR) is 80.9 cm³/mol. The van der Waals surface area contributed by atoms with Gasteiger partial charge in [-0.25, -0.2) is 4.79 Å². The highest BCUT2D eigenvalue weighted by molar-refractivity contribution is 6.42. The second kappa shape index (κ2) is 5.94. The second-order valence-electron chi connectivity index (χ2n) is 6.52. The van der Waals surface area contributed by atoms with E-state index in [1.165, 1.54) is 13.2 Å². The molecule has 22 heavy (non-hydrogen) atoms. The van der Waals surface area contributed by atoms with Gasteiger partial charge in [-0.05, 0) is 46.1 Å². The van der Waals surface area contributed by atoms with Gasteiger partial charge in [0.1, 0.15) is 0 Å². The van der Waals surface area contributed by atoms with Crippen LogP contribution >= 0.6 is 0 Å². The Balaban J connectivity index is 2.39. The summed E-state index contributed by atoms with van der Waals surface area (Å²) in [5, 5.41) is 2.66. The van der Waals surface area contributed by atoms with Crippen LogP contribution in [0.5, 0.6) is 0 Å². The van der Waals surface area contributed by atoms with E-state index in [2.05, 4.69) is 5.32 Å². The first-order valence-corrected chi connectivity index (χ1v) is 7.42. The number of ketones is 1. The molecule has 1 aromatic heterocycles. The monoisotopic (exact) mass is 306 g/mol. The molecule has 0 bridgehead atoms. The molecule has 0 aromatic carbocycles. The van der Waals surface area contributed by atoms with Gasteiger partial charge >= 0.3 is 5.97 Å². The second-order valence-corrected chi connectivity index (χ2v) is 6.52. The third-order valence-electron chi connectivity index (χ3n) is 3.59. The molecule has 1 aromatic rings. The number of Topliss-reactive ketones (excluding diaryl/α,β-unsaturated/α-hetero) is 1. The van der Waals surface area contributed by atoms with Crippen molar-refractivity contribution >= 4 is 17.7 Å². The Labute approximate surface area is 129 Å². The molecule has 1 aliphatic rings. The lowest BCUT2D eigenvalue weighted by molar-refractivity contribution is -0.118. The van der Waals surface area contributed by atoms with Gasteiger partial charge in [0, 0.05) is 17.8 Å². The van der Waals surface area contributed by atoms with E-state index in [1.54, 1.807) is 4.57 Å². The number of fused-ring (bicyclic) bond motifs is 1. The van der Waals surface area contributed by atoms with Crippen LogP contribution in [0.25, 0.3) is 0 Å². The van der Waals surface area contributed by atoms with E-state index in [9.17, 15) is 14.4 Å². The molecule has 0 saturated heterocycles. The summed E-state index contributed by atoms with van der Waals surface area (Å²) in [6.07, 6.45) is 2.58. The zero-order valence-electron chi connectivity index (χ0n) is 13.5. The van der Waals surface area contributed by atoms with Crippen LogP contribution in [0.15, 0.2) is 6.07 Å². The van der Waals surface area contributed by atoms with Crippen LogP contribution in [0, 0.1) is 0 Å². The van der Waals surface area contributed by atoms with E-state index >= 15 is 0 Å². The molecule has 120 valence electrons. The van der Waals surface area contributed by atoms with Crippen molar-refractivity contribution in [3.63, 3.8) is 0 Å². The lowest BCUT2D eigenvalue weighted by Crippen LogP contribution is -2.44. The minimum absolute atomic E-state index is 0.261. The van der Waals surface area contributed by atoms with Crippen molar-refractivity contribution in [1.29, 1.82) is 0 Å². The highest BCUT2D eigenvalue weighted by atomic mass is 16.5. The molecule has 0 radical (unpaired) electrons. The first kappa shape index (κ1) is 16.3. The Morgan fingerprint density at radius 3 is 2.50 bits per heavy atom. The van der Waals surface area contributed by atoms with Crippen LogP contribution in [-0.2, 0) is 22.5 Å². The fourth-order valence-electron chi connectivity index (χ4n) is 2.66. The number of ether oxygens (including phenoxy) is 1. The molecule has 0 saturated carbocycles. The maximum Gasteiger partial charge on any atom is 0.339 e. The molecule has 0 aliphatic carbocycles. The van der Waals surface area contributed by atoms with Crippen molar-refractivity contribution in [1.82, 2.24) is 9.88 Å². The van der Waals surface area contributed by atoms with Crippen LogP contribution in [0.2, 0.25) is 0 Å². The summed E-state index contributed by atoms with van der Waals surface area (Å²) in [6.45, 7) is 6.07. The average Bonchev–Trinajstić information content (AvgIpc) is 2.83. The number of hydrogen-bond acceptors (Lipinski definition) is 4. The van der Waals surface area contributed by atoms with E-state index in [4.69, 9.17) is 4.74 Å². The van der Waals surface area contributed by atoms with Crippen LogP contribution in [0.1, 0.15) is 60.2 Å². The van der Waals surface area contributed by atoms with Gasteiger partial charge in [0.05, 0.1) is 18.4 Å². The Morgan fingerprint density at radius 1 is 1.23 bits per heavy atom. The first-order valence-electron chi connectivity index (χ1n) is 7.42. The topological polar surface area (TPSA) is 77.4 Å². The maximum absolute atomic E-state index is 12.4. The lowest BCUT2D eigenvalue weighted by Gasteiger charge is -2.21. The molecular weight excluding hydrogens is 284 g/mol. The Bertz CT molecular complexity index is 623. The predicted octanol–water partition coefficient (Wildman–Crippen LogP) is 1.71. The summed E-state index contributed by atoms with van der Waals surface area (Å²) in [7, 11) is 1.31. The standard InChI is InChI=1S/C16H22N2O4/c1-16(2,3)17-14(20)13(19)12-9-10(15(21)22-4)11-7-5-6-8-18(11)12/h9H,5-8H2,1-4H3,(H,17,20). The van der Waals surface area contributed by atoms with Gasteiger partial charge in [-0.3, -0.25) is 9.59 Å². The highest BCUT2D eigenvalue weighted by Crippen LogP contribution is 2.25. The van der Waals surface area contributed by atoms with E-state index in [-0.39, 0.29) is 5.69 Å². The van der Waals surface area contributed by atoms with E-state index in [1.807, 2.05) is 20.8 Å². The van der Waals surface area contributed by atoms with Crippen LogP contribution in [-0.4, -0.2) is 34.9 Å². The number of methoxy groups -OCH3 is 1. The first-order chi connectivity index (χ1) is 10.2. The summed E-state index contributed by atoms with van der Waals surface area (Å²) < 4.78 is 6.55. The van der Waals surface area contributed by atoms with Gasteiger partial charge < -0.3 is 14.6 Å². The molecular formula is C16H22N2O4. The molecule has 0 unspecified atom stereocenters. The molecule has 6 nitrogen and oxygen atoms in total. The summed E-state index contributed by atoms with van der Waals surface area (Å²) in [5.41, 5.74) is 0.936. The molecule has 2 heterocycles. The number of nitrogens with zero attached hydrogens (tertiary/aromatic N) is 1. The Kier molecular flexibility index (Phi) is 4.39. The fourth-order valence-corrected chi connectivity index (χ4v) is 2.66. The molecule has 0 atom stereocenters. The van der Waals surface area contributed by atoms with Crippen LogP contribution in [0.3, 0.4) is 0 Å². The van der Waals surface area contributed by atoms with Gasteiger partial charge in [-0.15, -0.1) is 0 Å². The summed E-state index contributed by atoms with van der Waals surface area (Å²) in [4.78, 5) is 36.4. The minimum atomic E-state index is -0.658. The van der Waals surface area contributed by atoms with Crippen molar-refractivity contribution in [2.45, 2.75) is 52.1 Å². The molecule has 1 N–H and O–H groups in total. The number of amides is 1. The Hall–Kier alpha value is -2.11. The van der Waals surface area contributed by atoms with E-state index in [0.29, 0.717) is 18.5 Å². The average molecular weight is 306 g/mol. The fraction of sp³-hybridized carbons (Fsp3) is 0.562. The zero-order chi connectivity index (χ0) is 16.5. The SMILES string of the molecule is COC(=O)c1cc(C(=O)C(=O)NC(C)(C)C)n2c1CCCC2. The summed E-state index contributed by atoms with van der Waals surface area (Å²) in [5.74, 6) is -1.75. The molecule has 6 heteroatoms. The van der Waals surface area contributed by atoms with Crippen molar-refractivity contribution in [2.75, 3.05) is 7.11 Å². The largest absolute Gasteiger partial charge is 0.465 e. The van der Waals surface area contributed by atoms with Crippen molar-refractivity contribution in [3.8, 4) is 0 Å².